The lowest BCUT2D eigenvalue weighted by Gasteiger charge is -2.08. The molecule has 0 aliphatic rings. The predicted molar refractivity (Wildman–Crippen MR) is 90.9 cm³/mol. The zero-order valence-electron chi connectivity index (χ0n) is 13.3. The van der Waals surface area contributed by atoms with Crippen molar-refractivity contribution in [3.05, 3.63) is 54.1 Å². The van der Waals surface area contributed by atoms with E-state index in [-0.39, 0.29) is 11.8 Å². The highest BCUT2D eigenvalue weighted by Crippen LogP contribution is 2.16. The highest BCUT2D eigenvalue weighted by Gasteiger charge is 2.06. The minimum atomic E-state index is -0.196. The molecule has 2 aromatic rings. The van der Waals surface area contributed by atoms with Crippen molar-refractivity contribution in [2.45, 2.75) is 20.3 Å². The molecule has 0 heterocycles. The summed E-state index contributed by atoms with van der Waals surface area (Å²) in [6.45, 7) is 4.29. The van der Waals surface area contributed by atoms with Crippen LogP contribution in [-0.2, 0) is 4.79 Å². The molecule has 0 radical (unpaired) electrons. The van der Waals surface area contributed by atoms with Gasteiger partial charge in [-0.2, -0.15) is 0 Å². The second kappa shape index (κ2) is 7.98. The van der Waals surface area contributed by atoms with Crippen molar-refractivity contribution in [3.8, 4) is 5.75 Å². The third-order valence-corrected chi connectivity index (χ3v) is 3.18. The van der Waals surface area contributed by atoms with Gasteiger partial charge in [0.05, 0.1) is 6.61 Å². The quantitative estimate of drug-likeness (QED) is 0.855. The zero-order chi connectivity index (χ0) is 16.7. The molecule has 0 spiro atoms. The number of carbonyl (C=O) groups excluding carboxylic acids is 2. The van der Waals surface area contributed by atoms with Gasteiger partial charge in [0.2, 0.25) is 5.91 Å². The molecule has 0 aliphatic carbocycles. The van der Waals surface area contributed by atoms with Gasteiger partial charge in [-0.25, -0.2) is 0 Å². The van der Waals surface area contributed by atoms with Gasteiger partial charge in [0.25, 0.3) is 5.91 Å². The van der Waals surface area contributed by atoms with Gasteiger partial charge in [-0.1, -0.05) is 6.92 Å². The van der Waals surface area contributed by atoms with Crippen molar-refractivity contribution in [3.63, 3.8) is 0 Å². The normalized spacial score (nSPS) is 10.0. The summed E-state index contributed by atoms with van der Waals surface area (Å²) in [5.41, 5.74) is 1.92. The van der Waals surface area contributed by atoms with Crippen LogP contribution in [0.2, 0.25) is 0 Å². The molecule has 0 unspecified atom stereocenters. The lowest BCUT2D eigenvalue weighted by atomic mass is 10.2. The van der Waals surface area contributed by atoms with Crippen LogP contribution >= 0.6 is 0 Å². The maximum atomic E-state index is 12.2. The predicted octanol–water partition coefficient (Wildman–Crippen LogP) is 3.69. The Balaban J connectivity index is 1.98. The molecule has 0 bridgehead atoms. The Morgan fingerprint density at radius 3 is 1.96 bits per heavy atom. The largest absolute Gasteiger partial charge is 0.494 e. The van der Waals surface area contributed by atoms with Crippen molar-refractivity contribution < 1.29 is 14.3 Å². The summed E-state index contributed by atoms with van der Waals surface area (Å²) in [5.74, 6) is 0.495. The number of hydrogen-bond acceptors (Lipinski definition) is 3. The van der Waals surface area contributed by atoms with E-state index < -0.39 is 0 Å². The molecule has 23 heavy (non-hydrogen) atoms. The summed E-state index contributed by atoms with van der Waals surface area (Å²) in [6.07, 6.45) is 0.427. The Bertz CT molecular complexity index is 664. The Hall–Kier alpha value is -2.82. The van der Waals surface area contributed by atoms with Crippen LogP contribution in [0.15, 0.2) is 48.5 Å². The van der Waals surface area contributed by atoms with E-state index in [1.54, 1.807) is 55.5 Å². The summed E-state index contributed by atoms with van der Waals surface area (Å²) in [7, 11) is 0. The van der Waals surface area contributed by atoms with E-state index in [9.17, 15) is 9.59 Å². The maximum absolute atomic E-state index is 12.2. The molecule has 0 aliphatic heterocycles. The van der Waals surface area contributed by atoms with Crippen LogP contribution in [0.1, 0.15) is 30.6 Å². The Morgan fingerprint density at radius 2 is 1.43 bits per heavy atom. The fourth-order valence-electron chi connectivity index (χ4n) is 1.96. The molecule has 120 valence electrons. The molecular weight excluding hydrogens is 292 g/mol. The van der Waals surface area contributed by atoms with Crippen molar-refractivity contribution in [2.75, 3.05) is 17.2 Å². The number of carbonyl (C=O) groups is 2. The fraction of sp³-hybridized carbons (Fsp3) is 0.222. The van der Waals surface area contributed by atoms with E-state index in [1.807, 2.05) is 6.92 Å². The first-order chi connectivity index (χ1) is 11.1. The number of hydrogen-bond donors (Lipinski definition) is 2. The van der Waals surface area contributed by atoms with Gasteiger partial charge in [-0.3, -0.25) is 9.59 Å². The van der Waals surface area contributed by atoms with Gasteiger partial charge in [-0.15, -0.1) is 0 Å². The molecule has 2 N–H and O–H groups in total. The minimum Gasteiger partial charge on any atom is -0.494 e. The van der Waals surface area contributed by atoms with Crippen molar-refractivity contribution in [1.82, 2.24) is 0 Å². The van der Waals surface area contributed by atoms with Gasteiger partial charge in [0.1, 0.15) is 5.75 Å². The van der Waals surface area contributed by atoms with Gasteiger partial charge < -0.3 is 15.4 Å². The van der Waals surface area contributed by atoms with Crippen LogP contribution in [-0.4, -0.2) is 18.4 Å². The summed E-state index contributed by atoms with van der Waals surface area (Å²) in [4.78, 5) is 23.5. The van der Waals surface area contributed by atoms with Crippen LogP contribution in [0.5, 0.6) is 5.75 Å². The van der Waals surface area contributed by atoms with Crippen LogP contribution in [0.4, 0.5) is 11.4 Å². The van der Waals surface area contributed by atoms with Crippen LogP contribution in [0, 0.1) is 0 Å². The van der Waals surface area contributed by atoms with Gasteiger partial charge >= 0.3 is 0 Å². The third-order valence-electron chi connectivity index (χ3n) is 3.18. The Labute approximate surface area is 135 Å². The number of nitrogens with one attached hydrogen (secondary N) is 2. The molecule has 0 atom stereocenters. The Morgan fingerprint density at radius 1 is 0.870 bits per heavy atom. The number of amides is 2. The Kier molecular flexibility index (Phi) is 5.74. The van der Waals surface area contributed by atoms with E-state index in [0.29, 0.717) is 30.0 Å². The lowest BCUT2D eigenvalue weighted by Crippen LogP contribution is -2.12. The molecular formula is C18H20N2O3. The maximum Gasteiger partial charge on any atom is 0.255 e. The minimum absolute atomic E-state index is 0.0452. The molecule has 0 aromatic heterocycles. The summed E-state index contributed by atoms with van der Waals surface area (Å²) in [5, 5.41) is 5.57. The standard InChI is InChI=1S/C18H20N2O3/c1-3-17(21)19-14-7-9-15(10-8-14)20-18(22)13-5-11-16(12-6-13)23-4-2/h5-12H,3-4H2,1-2H3,(H,19,21)(H,20,22). The second-order valence-corrected chi connectivity index (χ2v) is 4.89. The van der Waals surface area contributed by atoms with Gasteiger partial charge in [0, 0.05) is 23.4 Å². The lowest BCUT2D eigenvalue weighted by molar-refractivity contribution is -0.115. The highest BCUT2D eigenvalue weighted by atomic mass is 16.5. The third kappa shape index (κ3) is 4.85. The fourth-order valence-corrected chi connectivity index (χ4v) is 1.96. The van der Waals surface area contributed by atoms with Crippen molar-refractivity contribution in [2.24, 2.45) is 0 Å². The first-order valence-electron chi connectivity index (χ1n) is 7.56. The van der Waals surface area contributed by atoms with Crippen LogP contribution in [0.25, 0.3) is 0 Å². The molecule has 0 saturated carbocycles. The van der Waals surface area contributed by atoms with E-state index in [0.717, 1.165) is 5.75 Å². The summed E-state index contributed by atoms with van der Waals surface area (Å²) >= 11 is 0. The molecule has 5 heteroatoms. The van der Waals surface area contributed by atoms with Crippen LogP contribution in [0.3, 0.4) is 0 Å². The zero-order valence-corrected chi connectivity index (χ0v) is 13.3. The van der Waals surface area contributed by atoms with Crippen LogP contribution < -0.4 is 15.4 Å². The number of benzene rings is 2. The second-order valence-electron chi connectivity index (χ2n) is 4.89. The van der Waals surface area contributed by atoms with E-state index in [1.165, 1.54) is 0 Å². The van der Waals surface area contributed by atoms with Crippen molar-refractivity contribution in [1.29, 1.82) is 0 Å². The number of anilines is 2. The van der Waals surface area contributed by atoms with Gasteiger partial charge in [-0.05, 0) is 55.5 Å². The first-order valence-corrected chi connectivity index (χ1v) is 7.56. The first kappa shape index (κ1) is 16.5. The molecule has 5 nitrogen and oxygen atoms in total. The average Bonchev–Trinajstić information content (AvgIpc) is 2.57. The van der Waals surface area contributed by atoms with E-state index in [2.05, 4.69) is 10.6 Å². The smallest absolute Gasteiger partial charge is 0.255 e. The molecule has 0 fully saturated rings. The van der Waals surface area contributed by atoms with Gasteiger partial charge in [0.15, 0.2) is 0 Å². The molecule has 2 aromatic carbocycles. The molecule has 2 rings (SSSR count). The topological polar surface area (TPSA) is 67.4 Å². The summed E-state index contributed by atoms with van der Waals surface area (Å²) in [6, 6.07) is 14.0. The molecule has 2 amide bonds. The van der Waals surface area contributed by atoms with E-state index in [4.69, 9.17) is 4.74 Å². The monoisotopic (exact) mass is 312 g/mol. The average molecular weight is 312 g/mol. The number of ether oxygens (including phenoxy) is 1. The highest BCUT2D eigenvalue weighted by molar-refractivity contribution is 6.04. The van der Waals surface area contributed by atoms with E-state index >= 15 is 0 Å². The summed E-state index contributed by atoms with van der Waals surface area (Å²) < 4.78 is 5.35. The number of rotatable bonds is 6. The SMILES string of the molecule is CCOc1ccc(C(=O)Nc2ccc(NC(=O)CC)cc2)cc1. The molecule has 0 saturated heterocycles. The van der Waals surface area contributed by atoms with Crippen molar-refractivity contribution >= 4 is 23.2 Å².